The molecule has 1 rings (SSSR count). The smallest absolute Gasteiger partial charge is 0.269 e. The van der Waals surface area contributed by atoms with Crippen LogP contribution in [0.25, 0.3) is 0 Å². The highest BCUT2D eigenvalue weighted by Crippen LogP contribution is 2.15. The Morgan fingerprint density at radius 3 is 2.50 bits per heavy atom. The molecular formula is C21H34O6S. The van der Waals surface area contributed by atoms with Gasteiger partial charge in [0.2, 0.25) is 0 Å². The quantitative estimate of drug-likeness (QED) is 0.220. The van der Waals surface area contributed by atoms with E-state index in [-0.39, 0.29) is 31.7 Å². The molecule has 0 saturated heterocycles. The van der Waals surface area contributed by atoms with Crippen molar-refractivity contribution in [2.45, 2.75) is 45.1 Å². The summed E-state index contributed by atoms with van der Waals surface area (Å²) < 4.78 is 44.0. The zero-order valence-corrected chi connectivity index (χ0v) is 17.9. The van der Waals surface area contributed by atoms with E-state index in [1.165, 1.54) is 31.2 Å². The van der Waals surface area contributed by atoms with Crippen molar-refractivity contribution in [2.75, 3.05) is 39.3 Å². The fraction of sp³-hybridized carbons (Fsp3) is 0.619. The molecule has 0 heterocycles. The summed E-state index contributed by atoms with van der Waals surface area (Å²) in [6, 6.07) is 8.06. The fourth-order valence-corrected chi connectivity index (χ4v) is 2.99. The van der Waals surface area contributed by atoms with Crippen molar-refractivity contribution < 1.29 is 26.8 Å². The van der Waals surface area contributed by atoms with Crippen LogP contribution in [0.15, 0.2) is 36.9 Å². The van der Waals surface area contributed by atoms with E-state index < -0.39 is 10.1 Å². The van der Waals surface area contributed by atoms with Gasteiger partial charge in [-0.25, -0.2) is 0 Å². The number of unbranched alkanes of at least 4 members (excludes halogenated alkanes) is 3. The highest BCUT2D eigenvalue weighted by Gasteiger charge is 2.14. The van der Waals surface area contributed by atoms with Gasteiger partial charge in [0.05, 0.1) is 32.7 Å². The van der Waals surface area contributed by atoms with E-state index in [0.29, 0.717) is 6.61 Å². The average molecular weight is 415 g/mol. The van der Waals surface area contributed by atoms with Crippen molar-refractivity contribution >= 4 is 10.1 Å². The van der Waals surface area contributed by atoms with Crippen LogP contribution in [0, 0.1) is 0 Å². The molecule has 160 valence electrons. The summed E-state index contributed by atoms with van der Waals surface area (Å²) in [7, 11) is -2.41. The third-order valence-corrected chi connectivity index (χ3v) is 5.33. The molecule has 0 aromatic heterocycles. The van der Waals surface area contributed by atoms with Crippen molar-refractivity contribution in [3.63, 3.8) is 0 Å². The van der Waals surface area contributed by atoms with Gasteiger partial charge in [-0.2, -0.15) is 8.42 Å². The topological polar surface area (TPSA) is 71.1 Å². The standard InChI is InChI=1S/C21H34O6S/c1-4-6-7-8-9-19-10-12-20(13-11-19)27-18-21(17-25-14-5-2)26-15-16-28(22,23)24-3/h5,10-13,21H,2,4,6-9,14-18H2,1,3H3. The van der Waals surface area contributed by atoms with Crippen LogP contribution in [0.5, 0.6) is 5.75 Å². The zero-order valence-electron chi connectivity index (χ0n) is 17.1. The summed E-state index contributed by atoms with van der Waals surface area (Å²) in [5, 5.41) is 0. The highest BCUT2D eigenvalue weighted by atomic mass is 32.2. The maximum absolute atomic E-state index is 11.4. The predicted molar refractivity (Wildman–Crippen MR) is 111 cm³/mol. The van der Waals surface area contributed by atoms with Gasteiger partial charge in [0.1, 0.15) is 18.5 Å². The van der Waals surface area contributed by atoms with Gasteiger partial charge in [-0.15, -0.1) is 6.58 Å². The number of rotatable bonds is 17. The predicted octanol–water partition coefficient (Wildman–Crippen LogP) is 3.75. The molecule has 0 spiro atoms. The summed E-state index contributed by atoms with van der Waals surface area (Å²) in [5.41, 5.74) is 1.30. The number of hydrogen-bond donors (Lipinski definition) is 0. The number of aryl methyl sites for hydroxylation is 1. The molecule has 0 aliphatic carbocycles. The van der Waals surface area contributed by atoms with Crippen molar-refractivity contribution in [1.29, 1.82) is 0 Å². The average Bonchev–Trinajstić information content (AvgIpc) is 2.70. The van der Waals surface area contributed by atoms with E-state index in [1.807, 2.05) is 12.1 Å². The molecule has 0 aliphatic heterocycles. The third-order valence-electron chi connectivity index (χ3n) is 4.16. The fourth-order valence-electron chi connectivity index (χ4n) is 2.52. The first-order valence-electron chi connectivity index (χ1n) is 9.81. The molecule has 6 nitrogen and oxygen atoms in total. The Balaban J connectivity index is 2.45. The minimum absolute atomic E-state index is 0.0122. The molecule has 0 bridgehead atoms. The van der Waals surface area contributed by atoms with E-state index in [1.54, 1.807) is 6.08 Å². The lowest BCUT2D eigenvalue weighted by Gasteiger charge is -2.18. The molecule has 1 aromatic rings. The first-order chi connectivity index (χ1) is 13.5. The van der Waals surface area contributed by atoms with Crippen molar-refractivity contribution in [2.24, 2.45) is 0 Å². The van der Waals surface area contributed by atoms with Crippen LogP contribution in [0.1, 0.15) is 38.2 Å². The second kappa shape index (κ2) is 14.6. The lowest BCUT2D eigenvalue weighted by Crippen LogP contribution is -2.29. The Morgan fingerprint density at radius 1 is 1.11 bits per heavy atom. The number of hydrogen-bond acceptors (Lipinski definition) is 6. The van der Waals surface area contributed by atoms with Gasteiger partial charge in [-0.05, 0) is 30.5 Å². The summed E-state index contributed by atoms with van der Waals surface area (Å²) in [5.74, 6) is 0.535. The van der Waals surface area contributed by atoms with E-state index in [9.17, 15) is 8.42 Å². The number of ether oxygens (including phenoxy) is 3. The van der Waals surface area contributed by atoms with Crippen molar-refractivity contribution in [3.05, 3.63) is 42.5 Å². The Morgan fingerprint density at radius 2 is 1.86 bits per heavy atom. The van der Waals surface area contributed by atoms with Crippen LogP contribution in [0.4, 0.5) is 0 Å². The van der Waals surface area contributed by atoms with E-state index in [2.05, 4.69) is 29.8 Å². The van der Waals surface area contributed by atoms with Crippen molar-refractivity contribution in [1.82, 2.24) is 0 Å². The second-order valence-corrected chi connectivity index (χ2v) is 8.37. The van der Waals surface area contributed by atoms with Gasteiger partial charge in [-0.1, -0.05) is 44.4 Å². The van der Waals surface area contributed by atoms with Gasteiger partial charge in [0.15, 0.2) is 0 Å². The second-order valence-electron chi connectivity index (χ2n) is 6.51. The summed E-state index contributed by atoms with van der Waals surface area (Å²) in [6.45, 7) is 6.77. The van der Waals surface area contributed by atoms with Gasteiger partial charge in [0, 0.05) is 0 Å². The number of benzene rings is 1. The third kappa shape index (κ3) is 11.4. The van der Waals surface area contributed by atoms with Crippen LogP contribution in [0.3, 0.4) is 0 Å². The Bertz CT molecular complexity index is 627. The normalized spacial score (nSPS) is 12.6. The lowest BCUT2D eigenvalue weighted by atomic mass is 10.1. The van der Waals surface area contributed by atoms with E-state index >= 15 is 0 Å². The largest absolute Gasteiger partial charge is 0.491 e. The molecule has 7 heteroatoms. The Labute approximate surface area is 170 Å². The molecule has 0 amide bonds. The minimum atomic E-state index is -3.55. The van der Waals surface area contributed by atoms with E-state index in [0.717, 1.165) is 19.3 Å². The summed E-state index contributed by atoms with van der Waals surface area (Å²) in [4.78, 5) is 0. The minimum Gasteiger partial charge on any atom is -0.491 e. The van der Waals surface area contributed by atoms with Crippen LogP contribution in [-0.2, 0) is 30.2 Å². The molecule has 1 atom stereocenters. The molecule has 0 fully saturated rings. The van der Waals surface area contributed by atoms with Crippen LogP contribution in [-0.4, -0.2) is 53.8 Å². The molecule has 28 heavy (non-hydrogen) atoms. The molecule has 0 saturated carbocycles. The molecule has 1 aromatic carbocycles. The SMILES string of the molecule is C=CCOCC(COc1ccc(CCCCCC)cc1)OCCS(=O)(=O)OC. The van der Waals surface area contributed by atoms with E-state index in [4.69, 9.17) is 14.2 Å². The monoisotopic (exact) mass is 414 g/mol. The maximum atomic E-state index is 11.4. The van der Waals surface area contributed by atoms with Crippen LogP contribution in [0.2, 0.25) is 0 Å². The van der Waals surface area contributed by atoms with Gasteiger partial charge >= 0.3 is 0 Å². The first-order valence-corrected chi connectivity index (χ1v) is 11.4. The van der Waals surface area contributed by atoms with Gasteiger partial charge in [-0.3, -0.25) is 4.18 Å². The Kier molecular flexibility index (Phi) is 12.8. The maximum Gasteiger partial charge on any atom is 0.269 e. The summed E-state index contributed by atoms with van der Waals surface area (Å²) >= 11 is 0. The zero-order chi connectivity index (χ0) is 20.7. The first kappa shape index (κ1) is 24.6. The van der Waals surface area contributed by atoms with Crippen LogP contribution >= 0.6 is 0 Å². The summed E-state index contributed by atoms with van der Waals surface area (Å²) in [6.07, 6.45) is 7.32. The van der Waals surface area contributed by atoms with Crippen molar-refractivity contribution in [3.8, 4) is 5.75 Å². The molecule has 1 unspecified atom stereocenters. The highest BCUT2D eigenvalue weighted by molar-refractivity contribution is 7.86. The molecular weight excluding hydrogens is 380 g/mol. The molecule has 0 aliphatic rings. The van der Waals surface area contributed by atoms with Gasteiger partial charge in [0.25, 0.3) is 10.1 Å². The Hall–Kier alpha value is -1.41. The van der Waals surface area contributed by atoms with Crippen LogP contribution < -0.4 is 4.74 Å². The van der Waals surface area contributed by atoms with Gasteiger partial charge < -0.3 is 14.2 Å². The molecule has 0 N–H and O–H groups in total. The lowest BCUT2D eigenvalue weighted by molar-refractivity contribution is -0.0267. The molecule has 0 radical (unpaired) electrons.